The summed E-state index contributed by atoms with van der Waals surface area (Å²) in [6.45, 7) is 1.83. The van der Waals surface area contributed by atoms with E-state index in [9.17, 15) is 0 Å². The van der Waals surface area contributed by atoms with E-state index < -0.39 is 0 Å². The molecule has 0 atom stereocenters. The van der Waals surface area contributed by atoms with Gasteiger partial charge in [0.1, 0.15) is 0 Å². The van der Waals surface area contributed by atoms with Crippen LogP contribution in [0.15, 0.2) is 39.4 Å². The monoisotopic (exact) mass is 208 g/mol. The topological polar surface area (TPSA) is 76.8 Å². The number of hydrogen-bond donors (Lipinski definition) is 3. The van der Waals surface area contributed by atoms with Crippen LogP contribution in [0.1, 0.15) is 12.5 Å². The second kappa shape index (κ2) is 4.66. The number of hydrogen-bond acceptors (Lipinski definition) is 3. The minimum absolute atomic E-state index is 0.0461. The molecule has 0 bridgehead atoms. The van der Waals surface area contributed by atoms with E-state index in [1.54, 1.807) is 0 Å². The summed E-state index contributed by atoms with van der Waals surface area (Å²) in [5, 5.41) is 7.42. The van der Waals surface area contributed by atoms with Crippen molar-refractivity contribution in [3.05, 3.63) is 29.8 Å². The van der Waals surface area contributed by atoms with E-state index in [4.69, 9.17) is 11.5 Å². The fourth-order valence-electron chi connectivity index (χ4n) is 0.893. The van der Waals surface area contributed by atoms with Gasteiger partial charge in [-0.2, -0.15) is 5.10 Å². The van der Waals surface area contributed by atoms with Crippen LogP contribution in [-0.4, -0.2) is 11.7 Å². The van der Waals surface area contributed by atoms with Crippen LogP contribution in [0.3, 0.4) is 0 Å². The van der Waals surface area contributed by atoms with Crippen molar-refractivity contribution >= 4 is 24.3 Å². The highest BCUT2D eigenvalue weighted by Crippen LogP contribution is 2.08. The summed E-state index contributed by atoms with van der Waals surface area (Å²) in [5.74, 6) is -0.0461. The van der Waals surface area contributed by atoms with Crippen molar-refractivity contribution in [2.24, 2.45) is 21.7 Å². The van der Waals surface area contributed by atoms with Gasteiger partial charge in [0.15, 0.2) is 0 Å². The van der Waals surface area contributed by atoms with Gasteiger partial charge in [-0.15, -0.1) is 17.7 Å². The summed E-state index contributed by atoms with van der Waals surface area (Å²) >= 11 is 4.18. The Morgan fingerprint density at radius 3 is 2.21 bits per heavy atom. The van der Waals surface area contributed by atoms with Crippen LogP contribution >= 0.6 is 12.6 Å². The van der Waals surface area contributed by atoms with Crippen LogP contribution in [0.2, 0.25) is 0 Å². The first kappa shape index (κ1) is 10.6. The van der Waals surface area contributed by atoms with E-state index in [1.807, 2.05) is 31.2 Å². The summed E-state index contributed by atoms with van der Waals surface area (Å²) < 4.78 is 0. The third-order valence-corrected chi connectivity index (χ3v) is 1.90. The van der Waals surface area contributed by atoms with Crippen molar-refractivity contribution in [1.82, 2.24) is 0 Å². The Morgan fingerprint density at radius 1 is 1.14 bits per heavy atom. The maximum atomic E-state index is 5.15. The van der Waals surface area contributed by atoms with E-state index in [-0.39, 0.29) is 5.96 Å². The second-order valence-electron chi connectivity index (χ2n) is 2.76. The minimum Gasteiger partial charge on any atom is -0.369 e. The van der Waals surface area contributed by atoms with Crippen molar-refractivity contribution in [2.75, 3.05) is 0 Å². The molecular formula is C9H12N4S. The average Bonchev–Trinajstić information content (AvgIpc) is 2.15. The molecule has 1 rings (SSSR count). The first-order chi connectivity index (χ1) is 6.59. The number of benzene rings is 1. The van der Waals surface area contributed by atoms with Crippen LogP contribution in [0.4, 0.5) is 0 Å². The first-order valence-corrected chi connectivity index (χ1v) is 4.47. The summed E-state index contributed by atoms with van der Waals surface area (Å²) in [7, 11) is 0. The smallest absolute Gasteiger partial charge is 0.211 e. The zero-order valence-electron chi connectivity index (χ0n) is 7.81. The van der Waals surface area contributed by atoms with Gasteiger partial charge in [-0.05, 0) is 24.6 Å². The van der Waals surface area contributed by atoms with Crippen LogP contribution < -0.4 is 11.5 Å². The number of nitrogens with two attached hydrogens (primary N) is 2. The molecule has 0 aliphatic carbocycles. The molecule has 1 aromatic carbocycles. The molecule has 74 valence electrons. The number of rotatable bonds is 2. The third-order valence-electron chi connectivity index (χ3n) is 1.60. The first-order valence-electron chi connectivity index (χ1n) is 4.02. The van der Waals surface area contributed by atoms with Crippen molar-refractivity contribution in [1.29, 1.82) is 0 Å². The SMILES string of the molecule is C/C(=N\N=C(N)N)c1ccc(S)cc1. The lowest BCUT2D eigenvalue weighted by atomic mass is 10.1. The quantitative estimate of drug-likeness (QED) is 0.293. The van der Waals surface area contributed by atoms with Crippen LogP contribution in [0.5, 0.6) is 0 Å². The van der Waals surface area contributed by atoms with Crippen molar-refractivity contribution < 1.29 is 0 Å². The van der Waals surface area contributed by atoms with Gasteiger partial charge < -0.3 is 11.5 Å². The molecule has 4 nitrogen and oxygen atoms in total. The van der Waals surface area contributed by atoms with Gasteiger partial charge in [-0.3, -0.25) is 0 Å². The molecule has 4 N–H and O–H groups in total. The van der Waals surface area contributed by atoms with Crippen molar-refractivity contribution in [3.63, 3.8) is 0 Å². The number of thiol groups is 1. The molecule has 14 heavy (non-hydrogen) atoms. The predicted molar refractivity (Wildman–Crippen MR) is 61.7 cm³/mol. The van der Waals surface area contributed by atoms with Crippen LogP contribution in [-0.2, 0) is 0 Å². The van der Waals surface area contributed by atoms with E-state index in [1.165, 1.54) is 0 Å². The lowest BCUT2D eigenvalue weighted by molar-refractivity contribution is 1.19. The van der Waals surface area contributed by atoms with E-state index >= 15 is 0 Å². The van der Waals surface area contributed by atoms with Gasteiger partial charge in [-0.25, -0.2) is 0 Å². The Labute approximate surface area is 88.1 Å². The largest absolute Gasteiger partial charge is 0.369 e. The van der Waals surface area contributed by atoms with Crippen molar-refractivity contribution in [3.8, 4) is 0 Å². The molecular weight excluding hydrogens is 196 g/mol. The van der Waals surface area contributed by atoms with Crippen LogP contribution in [0, 0.1) is 0 Å². The summed E-state index contributed by atoms with van der Waals surface area (Å²) in [4.78, 5) is 0.906. The Balaban J connectivity index is 2.89. The van der Waals surface area contributed by atoms with Gasteiger partial charge in [0.2, 0.25) is 5.96 Å². The molecule has 5 heteroatoms. The molecule has 0 heterocycles. The highest BCUT2D eigenvalue weighted by atomic mass is 32.1. The second-order valence-corrected chi connectivity index (χ2v) is 3.27. The average molecular weight is 208 g/mol. The summed E-state index contributed by atoms with van der Waals surface area (Å²) in [5.41, 5.74) is 12.0. The fourth-order valence-corrected chi connectivity index (χ4v) is 1.04. The molecule has 0 aliphatic heterocycles. The van der Waals surface area contributed by atoms with Crippen LogP contribution in [0.25, 0.3) is 0 Å². The number of guanidine groups is 1. The lowest BCUT2D eigenvalue weighted by Crippen LogP contribution is -2.22. The van der Waals surface area contributed by atoms with Gasteiger partial charge in [0, 0.05) is 4.90 Å². The minimum atomic E-state index is -0.0461. The molecule has 0 spiro atoms. The molecule has 0 aromatic heterocycles. The van der Waals surface area contributed by atoms with Gasteiger partial charge >= 0.3 is 0 Å². The Morgan fingerprint density at radius 2 is 1.71 bits per heavy atom. The molecule has 0 amide bonds. The van der Waals surface area contributed by atoms with Crippen molar-refractivity contribution in [2.45, 2.75) is 11.8 Å². The highest BCUT2D eigenvalue weighted by molar-refractivity contribution is 7.80. The number of nitrogens with zero attached hydrogens (tertiary/aromatic N) is 2. The van der Waals surface area contributed by atoms with E-state index in [0.29, 0.717) is 0 Å². The third kappa shape index (κ3) is 3.10. The molecule has 0 saturated heterocycles. The lowest BCUT2D eigenvalue weighted by Gasteiger charge is -1.98. The maximum absolute atomic E-state index is 5.15. The maximum Gasteiger partial charge on any atom is 0.211 e. The highest BCUT2D eigenvalue weighted by Gasteiger charge is 1.95. The molecule has 0 aliphatic rings. The molecule has 0 unspecified atom stereocenters. The molecule has 1 aromatic rings. The molecule has 0 fully saturated rings. The Hall–Kier alpha value is -1.49. The molecule has 0 saturated carbocycles. The van der Waals surface area contributed by atoms with E-state index in [2.05, 4.69) is 22.8 Å². The van der Waals surface area contributed by atoms with Gasteiger partial charge in [0.25, 0.3) is 0 Å². The zero-order valence-corrected chi connectivity index (χ0v) is 8.70. The Bertz CT molecular complexity index is 363. The van der Waals surface area contributed by atoms with Gasteiger partial charge in [-0.1, -0.05) is 12.1 Å². The fraction of sp³-hybridized carbons (Fsp3) is 0.111. The standard InChI is InChI=1S/C9H12N4S/c1-6(12-13-9(10)11)7-2-4-8(14)5-3-7/h2-5,14H,1H3,(H4,10,11,13)/b12-6+. The Kier molecular flexibility index (Phi) is 3.53. The zero-order chi connectivity index (χ0) is 10.6. The summed E-state index contributed by atoms with van der Waals surface area (Å²) in [6.07, 6.45) is 0. The van der Waals surface area contributed by atoms with Gasteiger partial charge in [0.05, 0.1) is 5.71 Å². The van der Waals surface area contributed by atoms with E-state index in [0.717, 1.165) is 16.2 Å². The molecule has 0 radical (unpaired) electrons. The normalized spacial score (nSPS) is 11.1. The summed E-state index contributed by atoms with van der Waals surface area (Å²) in [6, 6.07) is 7.58. The predicted octanol–water partition coefficient (Wildman–Crippen LogP) is 0.973.